The molecule has 0 aliphatic rings. The zero-order valence-corrected chi connectivity index (χ0v) is 14.2. The molecular weight excluding hydrogens is 328 g/mol. The molecule has 0 aromatic heterocycles. The van der Waals surface area contributed by atoms with Gasteiger partial charge in [-0.15, -0.1) is 0 Å². The number of carbonyl (C=O) groups excluding carboxylic acids is 2. The summed E-state index contributed by atoms with van der Waals surface area (Å²) in [7, 11) is 0. The number of nitrogens with one attached hydrogen (secondary N) is 2. The number of phenolic OH excluding ortho intramolecular Hbond substituents is 1. The van der Waals surface area contributed by atoms with Gasteiger partial charge in [0.25, 0.3) is 5.91 Å². The first-order valence-corrected chi connectivity index (χ1v) is 7.91. The number of phenols is 1. The van der Waals surface area contributed by atoms with Crippen molar-refractivity contribution in [1.82, 2.24) is 10.9 Å². The molecule has 0 aliphatic heterocycles. The smallest absolute Gasteiger partial charge is 0.273 e. The zero-order chi connectivity index (χ0) is 17.7. The Bertz CT molecular complexity index is 729. The summed E-state index contributed by atoms with van der Waals surface area (Å²) in [4.78, 5) is 24.5. The van der Waals surface area contributed by atoms with Gasteiger partial charge in [-0.3, -0.25) is 20.4 Å². The predicted molar refractivity (Wildman–Crippen MR) is 92.7 cm³/mol. The number of hydrazine groups is 1. The number of amides is 2. The Morgan fingerprint density at radius 2 is 1.62 bits per heavy atom. The van der Waals surface area contributed by atoms with Crippen LogP contribution in [0.15, 0.2) is 48.5 Å². The Labute approximate surface area is 145 Å². The van der Waals surface area contributed by atoms with Crippen molar-refractivity contribution in [3.05, 3.63) is 64.7 Å². The summed E-state index contributed by atoms with van der Waals surface area (Å²) in [6, 6.07) is 13.1. The van der Waals surface area contributed by atoms with Gasteiger partial charge in [0, 0.05) is 5.02 Å². The Morgan fingerprint density at radius 1 is 1.00 bits per heavy atom. The Kier molecular flexibility index (Phi) is 5.82. The van der Waals surface area contributed by atoms with Crippen LogP contribution in [0.3, 0.4) is 0 Å². The quantitative estimate of drug-likeness (QED) is 0.743. The van der Waals surface area contributed by atoms with Gasteiger partial charge < -0.3 is 5.11 Å². The number of rotatable bonds is 4. The molecule has 5 nitrogen and oxygen atoms in total. The van der Waals surface area contributed by atoms with E-state index in [1.165, 1.54) is 12.1 Å². The van der Waals surface area contributed by atoms with Crippen molar-refractivity contribution in [3.63, 3.8) is 0 Å². The fraction of sp³-hybridized carbons (Fsp3) is 0.222. The zero-order valence-electron chi connectivity index (χ0n) is 13.4. The average Bonchev–Trinajstić information content (AvgIpc) is 2.55. The average molecular weight is 347 g/mol. The molecule has 6 heteroatoms. The van der Waals surface area contributed by atoms with Crippen LogP contribution in [0.4, 0.5) is 0 Å². The SMILES string of the molecule is CC(C)[C@@H](C(=O)NNC(=O)c1ccccc1O)c1ccc(Cl)cc1. The van der Waals surface area contributed by atoms with E-state index in [1.807, 2.05) is 13.8 Å². The standard InChI is InChI=1S/C18H19ClN2O3/c1-11(2)16(12-7-9-13(19)10-8-12)18(24)21-20-17(23)14-5-3-4-6-15(14)22/h3-11,16,22H,1-2H3,(H,20,23)(H,21,24)/t16-/m1/s1. The summed E-state index contributed by atoms with van der Waals surface area (Å²) in [5.41, 5.74) is 5.65. The minimum atomic E-state index is -0.583. The molecule has 0 saturated heterocycles. The molecule has 2 rings (SSSR count). The van der Waals surface area contributed by atoms with Crippen LogP contribution in [-0.2, 0) is 4.79 Å². The van der Waals surface area contributed by atoms with E-state index >= 15 is 0 Å². The van der Waals surface area contributed by atoms with Crippen LogP contribution in [0, 0.1) is 5.92 Å². The fourth-order valence-corrected chi connectivity index (χ4v) is 2.56. The van der Waals surface area contributed by atoms with Crippen LogP contribution < -0.4 is 10.9 Å². The van der Waals surface area contributed by atoms with Gasteiger partial charge >= 0.3 is 0 Å². The molecule has 0 aliphatic carbocycles. The Hall–Kier alpha value is -2.53. The topological polar surface area (TPSA) is 78.4 Å². The highest BCUT2D eigenvalue weighted by Crippen LogP contribution is 2.25. The van der Waals surface area contributed by atoms with Crippen LogP contribution >= 0.6 is 11.6 Å². The van der Waals surface area contributed by atoms with Gasteiger partial charge in [0.2, 0.25) is 5.91 Å². The monoisotopic (exact) mass is 346 g/mol. The van der Waals surface area contributed by atoms with Crippen LogP contribution in [0.25, 0.3) is 0 Å². The van der Waals surface area contributed by atoms with Crippen LogP contribution in [0.1, 0.15) is 35.7 Å². The predicted octanol–water partition coefficient (Wildman–Crippen LogP) is 3.25. The third-order valence-electron chi connectivity index (χ3n) is 3.63. The van der Waals surface area contributed by atoms with Crippen LogP contribution in [0.2, 0.25) is 5.02 Å². The van der Waals surface area contributed by atoms with E-state index in [0.717, 1.165) is 5.56 Å². The van der Waals surface area contributed by atoms with E-state index < -0.39 is 11.8 Å². The van der Waals surface area contributed by atoms with E-state index in [1.54, 1.807) is 36.4 Å². The lowest BCUT2D eigenvalue weighted by Gasteiger charge is -2.21. The van der Waals surface area contributed by atoms with E-state index in [2.05, 4.69) is 10.9 Å². The number of hydrogen-bond acceptors (Lipinski definition) is 3. The second-order valence-electron chi connectivity index (χ2n) is 5.73. The molecule has 24 heavy (non-hydrogen) atoms. The summed E-state index contributed by atoms with van der Waals surface area (Å²) in [5.74, 6) is -1.49. The van der Waals surface area contributed by atoms with Crippen molar-refractivity contribution in [3.8, 4) is 5.75 Å². The summed E-state index contributed by atoms with van der Waals surface area (Å²) in [6.07, 6.45) is 0. The molecule has 0 bridgehead atoms. The molecule has 2 aromatic carbocycles. The largest absolute Gasteiger partial charge is 0.507 e. The number of hydrogen-bond donors (Lipinski definition) is 3. The van der Waals surface area contributed by atoms with Gasteiger partial charge in [-0.2, -0.15) is 0 Å². The molecular formula is C18H19ClN2O3. The van der Waals surface area contributed by atoms with Gasteiger partial charge in [-0.1, -0.05) is 49.7 Å². The lowest BCUT2D eigenvalue weighted by Crippen LogP contribution is -2.44. The molecule has 0 fully saturated rings. The lowest BCUT2D eigenvalue weighted by molar-refractivity contribution is -0.124. The molecule has 2 amide bonds. The van der Waals surface area contributed by atoms with Crippen molar-refractivity contribution in [2.45, 2.75) is 19.8 Å². The maximum Gasteiger partial charge on any atom is 0.273 e. The molecule has 2 aromatic rings. The molecule has 1 atom stereocenters. The summed E-state index contributed by atoms with van der Waals surface area (Å²) in [6.45, 7) is 3.84. The first-order valence-electron chi connectivity index (χ1n) is 7.53. The maximum absolute atomic E-state index is 12.5. The minimum Gasteiger partial charge on any atom is -0.507 e. The molecule has 0 radical (unpaired) electrons. The Balaban J connectivity index is 2.07. The third-order valence-corrected chi connectivity index (χ3v) is 3.88. The van der Waals surface area contributed by atoms with Crippen LogP contribution in [0.5, 0.6) is 5.75 Å². The highest BCUT2D eigenvalue weighted by atomic mass is 35.5. The molecule has 0 heterocycles. The lowest BCUT2D eigenvalue weighted by atomic mass is 9.88. The molecule has 0 unspecified atom stereocenters. The first-order chi connectivity index (χ1) is 11.4. The maximum atomic E-state index is 12.5. The number of halogens is 1. The van der Waals surface area contributed by atoms with Crippen LogP contribution in [-0.4, -0.2) is 16.9 Å². The van der Waals surface area contributed by atoms with Gasteiger partial charge in [0.1, 0.15) is 5.75 Å². The highest BCUT2D eigenvalue weighted by Gasteiger charge is 2.24. The molecule has 0 spiro atoms. The summed E-state index contributed by atoms with van der Waals surface area (Å²) >= 11 is 5.88. The molecule has 3 N–H and O–H groups in total. The number of aromatic hydroxyl groups is 1. The fourth-order valence-electron chi connectivity index (χ4n) is 2.44. The van der Waals surface area contributed by atoms with Crippen molar-refractivity contribution < 1.29 is 14.7 Å². The minimum absolute atomic E-state index is 0.0215. The molecule has 0 saturated carbocycles. The van der Waals surface area contributed by atoms with E-state index in [4.69, 9.17) is 11.6 Å². The van der Waals surface area contributed by atoms with Crippen molar-refractivity contribution in [2.75, 3.05) is 0 Å². The van der Waals surface area contributed by atoms with Crippen molar-refractivity contribution >= 4 is 23.4 Å². The van der Waals surface area contributed by atoms with Gasteiger partial charge in [-0.25, -0.2) is 0 Å². The Morgan fingerprint density at radius 3 is 2.21 bits per heavy atom. The first kappa shape index (κ1) is 17.8. The van der Waals surface area contributed by atoms with Crippen molar-refractivity contribution in [1.29, 1.82) is 0 Å². The molecule has 126 valence electrons. The number of benzene rings is 2. The van der Waals surface area contributed by atoms with Gasteiger partial charge in [0.05, 0.1) is 11.5 Å². The van der Waals surface area contributed by atoms with E-state index in [-0.39, 0.29) is 23.1 Å². The second-order valence-corrected chi connectivity index (χ2v) is 6.17. The van der Waals surface area contributed by atoms with Gasteiger partial charge in [0.15, 0.2) is 0 Å². The van der Waals surface area contributed by atoms with Gasteiger partial charge in [-0.05, 0) is 35.7 Å². The van der Waals surface area contributed by atoms with E-state index in [9.17, 15) is 14.7 Å². The second kappa shape index (κ2) is 7.84. The third kappa shape index (κ3) is 4.26. The normalized spacial score (nSPS) is 11.8. The summed E-state index contributed by atoms with van der Waals surface area (Å²) in [5, 5.41) is 10.3. The highest BCUT2D eigenvalue weighted by molar-refractivity contribution is 6.30. The number of carbonyl (C=O) groups is 2. The summed E-state index contributed by atoms with van der Waals surface area (Å²) < 4.78 is 0. The van der Waals surface area contributed by atoms with Crippen molar-refractivity contribution in [2.24, 2.45) is 5.92 Å². The number of para-hydroxylation sites is 1. The van der Waals surface area contributed by atoms with E-state index in [0.29, 0.717) is 5.02 Å².